The van der Waals surface area contributed by atoms with Crippen LogP contribution < -0.4 is 5.32 Å². The summed E-state index contributed by atoms with van der Waals surface area (Å²) in [6.07, 6.45) is 3.94. The largest absolute Gasteiger partial charge is 0.382 e. The molecular weight excluding hydrogens is 324 g/mol. The number of carbonyl (C=O) groups is 1. The van der Waals surface area contributed by atoms with Crippen LogP contribution in [-0.2, 0) is 9.53 Å². The number of imidazole rings is 1. The monoisotopic (exact) mass is 338 g/mol. The first-order valence-electron chi connectivity index (χ1n) is 6.76. The summed E-state index contributed by atoms with van der Waals surface area (Å²) < 4.78 is 6.93. The highest BCUT2D eigenvalue weighted by Gasteiger charge is 2.14. The fraction of sp³-hybridized carbons (Fsp3) is 0.357. The normalized spacial score (nSPS) is 11.6. The van der Waals surface area contributed by atoms with Crippen molar-refractivity contribution in [3.05, 3.63) is 28.0 Å². The molecule has 116 valence electrons. The second kappa shape index (κ2) is 7.94. The number of ether oxygens (including phenoxy) is 1. The van der Waals surface area contributed by atoms with E-state index in [0.717, 1.165) is 0 Å². The topological polar surface area (TPSA) is 79.4 Å². The van der Waals surface area contributed by atoms with Gasteiger partial charge in [-0.2, -0.15) is 5.26 Å². The van der Waals surface area contributed by atoms with E-state index in [4.69, 9.17) is 16.3 Å². The Kier molecular flexibility index (Phi) is 5.95. The molecule has 0 aliphatic carbocycles. The molecule has 0 aliphatic heterocycles. The smallest absolute Gasteiger partial charge is 0.262 e. The molecule has 0 bridgehead atoms. The summed E-state index contributed by atoms with van der Waals surface area (Å²) >= 11 is 7.48. The van der Waals surface area contributed by atoms with Crippen molar-refractivity contribution in [1.82, 2.24) is 14.7 Å². The van der Waals surface area contributed by atoms with Gasteiger partial charge in [0.2, 0.25) is 0 Å². The lowest BCUT2D eigenvalue weighted by Crippen LogP contribution is -2.26. The second-order valence-electron chi connectivity index (χ2n) is 4.32. The number of nitriles is 1. The SMILES string of the molecule is CCOCCCNC(=O)/C(C#N)=C/c1c(Cl)nc2sccn12. The van der Waals surface area contributed by atoms with E-state index in [9.17, 15) is 10.1 Å². The van der Waals surface area contributed by atoms with Gasteiger partial charge in [0.05, 0.1) is 5.69 Å². The van der Waals surface area contributed by atoms with Crippen LogP contribution in [-0.4, -0.2) is 35.1 Å². The van der Waals surface area contributed by atoms with Gasteiger partial charge in [0, 0.05) is 31.3 Å². The fourth-order valence-electron chi connectivity index (χ4n) is 1.81. The summed E-state index contributed by atoms with van der Waals surface area (Å²) in [5.41, 5.74) is 0.519. The Morgan fingerprint density at radius 2 is 2.50 bits per heavy atom. The lowest BCUT2D eigenvalue weighted by molar-refractivity contribution is -0.117. The number of rotatable bonds is 7. The number of fused-ring (bicyclic) bond motifs is 1. The third-order valence-corrected chi connectivity index (χ3v) is 3.89. The van der Waals surface area contributed by atoms with E-state index in [1.165, 1.54) is 17.4 Å². The van der Waals surface area contributed by atoms with E-state index in [0.29, 0.717) is 36.8 Å². The Balaban J connectivity index is 2.07. The molecule has 0 saturated carbocycles. The van der Waals surface area contributed by atoms with Gasteiger partial charge in [0.25, 0.3) is 5.91 Å². The van der Waals surface area contributed by atoms with Crippen LogP contribution in [0.25, 0.3) is 11.0 Å². The maximum atomic E-state index is 12.0. The van der Waals surface area contributed by atoms with Gasteiger partial charge < -0.3 is 10.1 Å². The van der Waals surface area contributed by atoms with Crippen molar-refractivity contribution in [2.24, 2.45) is 0 Å². The minimum Gasteiger partial charge on any atom is -0.382 e. The number of aromatic nitrogens is 2. The van der Waals surface area contributed by atoms with Gasteiger partial charge >= 0.3 is 0 Å². The van der Waals surface area contributed by atoms with Crippen LogP contribution in [0.5, 0.6) is 0 Å². The molecule has 0 radical (unpaired) electrons. The van der Waals surface area contributed by atoms with E-state index < -0.39 is 5.91 Å². The Labute approximate surface area is 137 Å². The number of thiazole rings is 1. The highest BCUT2D eigenvalue weighted by molar-refractivity contribution is 7.15. The van der Waals surface area contributed by atoms with Crippen molar-refractivity contribution >= 4 is 39.9 Å². The van der Waals surface area contributed by atoms with Gasteiger partial charge in [-0.3, -0.25) is 9.20 Å². The van der Waals surface area contributed by atoms with Crippen molar-refractivity contribution in [3.63, 3.8) is 0 Å². The van der Waals surface area contributed by atoms with Crippen molar-refractivity contribution in [3.8, 4) is 6.07 Å². The number of carbonyl (C=O) groups excluding carboxylic acids is 1. The van der Waals surface area contributed by atoms with Crippen molar-refractivity contribution < 1.29 is 9.53 Å². The molecule has 1 N–H and O–H groups in total. The number of hydrogen-bond acceptors (Lipinski definition) is 5. The third-order valence-electron chi connectivity index (χ3n) is 2.86. The number of hydrogen-bond donors (Lipinski definition) is 1. The average molecular weight is 339 g/mol. The number of nitrogens with zero attached hydrogens (tertiary/aromatic N) is 3. The molecule has 0 saturated heterocycles. The van der Waals surface area contributed by atoms with Gasteiger partial charge in [-0.1, -0.05) is 11.6 Å². The minimum absolute atomic E-state index is 0.00805. The van der Waals surface area contributed by atoms with Gasteiger partial charge in [-0.05, 0) is 19.4 Å². The fourth-order valence-corrected chi connectivity index (χ4v) is 2.80. The van der Waals surface area contributed by atoms with Crippen LogP contribution >= 0.6 is 22.9 Å². The molecule has 0 aromatic carbocycles. The number of nitrogens with one attached hydrogen (secondary N) is 1. The third kappa shape index (κ3) is 3.85. The molecule has 2 rings (SSSR count). The first-order chi connectivity index (χ1) is 10.7. The summed E-state index contributed by atoms with van der Waals surface area (Å²) in [7, 11) is 0. The summed E-state index contributed by atoms with van der Waals surface area (Å²) in [6, 6.07) is 1.90. The molecule has 0 aliphatic rings. The maximum Gasteiger partial charge on any atom is 0.262 e. The zero-order valence-electron chi connectivity index (χ0n) is 12.0. The molecule has 0 fully saturated rings. The van der Waals surface area contributed by atoms with Crippen LogP contribution in [0.4, 0.5) is 0 Å². The standard InChI is InChI=1S/C14H15ClN4O2S/c1-2-21-6-3-4-17-13(20)10(9-16)8-11-12(15)18-14-19(11)5-7-22-14/h5,7-8H,2-4,6H2,1H3,(H,17,20)/b10-8+. The van der Waals surface area contributed by atoms with Crippen LogP contribution in [0.15, 0.2) is 17.2 Å². The van der Waals surface area contributed by atoms with E-state index >= 15 is 0 Å². The van der Waals surface area contributed by atoms with Gasteiger partial charge in [-0.15, -0.1) is 11.3 Å². The number of amides is 1. The van der Waals surface area contributed by atoms with Gasteiger partial charge in [-0.25, -0.2) is 4.98 Å². The Morgan fingerprint density at radius 1 is 1.68 bits per heavy atom. The predicted molar refractivity (Wildman–Crippen MR) is 85.8 cm³/mol. The minimum atomic E-state index is -0.430. The summed E-state index contributed by atoms with van der Waals surface area (Å²) in [4.78, 5) is 16.9. The molecule has 6 nitrogen and oxygen atoms in total. The lowest BCUT2D eigenvalue weighted by atomic mass is 10.2. The Bertz CT molecular complexity index is 729. The average Bonchev–Trinajstić information content (AvgIpc) is 3.06. The molecule has 0 unspecified atom stereocenters. The van der Waals surface area contributed by atoms with Crippen LogP contribution in [0, 0.1) is 11.3 Å². The van der Waals surface area contributed by atoms with Crippen LogP contribution in [0.2, 0.25) is 5.15 Å². The lowest BCUT2D eigenvalue weighted by Gasteiger charge is -2.04. The number of halogens is 1. The van der Waals surface area contributed by atoms with Crippen LogP contribution in [0.1, 0.15) is 19.0 Å². The molecular formula is C14H15ClN4O2S. The van der Waals surface area contributed by atoms with E-state index in [1.54, 1.807) is 10.6 Å². The molecule has 22 heavy (non-hydrogen) atoms. The first-order valence-corrected chi connectivity index (χ1v) is 8.02. The van der Waals surface area contributed by atoms with E-state index in [2.05, 4.69) is 10.3 Å². The van der Waals surface area contributed by atoms with E-state index in [-0.39, 0.29) is 10.7 Å². The molecule has 1 amide bonds. The zero-order chi connectivity index (χ0) is 15.9. The van der Waals surface area contributed by atoms with Crippen molar-refractivity contribution in [2.45, 2.75) is 13.3 Å². The zero-order valence-corrected chi connectivity index (χ0v) is 13.6. The molecule has 8 heteroatoms. The molecule has 0 spiro atoms. The molecule has 2 aromatic rings. The summed E-state index contributed by atoms with van der Waals surface area (Å²) in [5, 5.41) is 14.0. The van der Waals surface area contributed by atoms with Gasteiger partial charge in [0.1, 0.15) is 11.6 Å². The van der Waals surface area contributed by atoms with Crippen LogP contribution in [0.3, 0.4) is 0 Å². The maximum absolute atomic E-state index is 12.0. The Hall–Kier alpha value is -1.88. The molecule has 2 aromatic heterocycles. The van der Waals surface area contributed by atoms with E-state index in [1.807, 2.05) is 18.4 Å². The molecule has 0 atom stereocenters. The Morgan fingerprint density at radius 3 is 3.23 bits per heavy atom. The van der Waals surface area contributed by atoms with Gasteiger partial charge in [0.15, 0.2) is 10.1 Å². The quantitative estimate of drug-likeness (QED) is 0.478. The highest BCUT2D eigenvalue weighted by Crippen LogP contribution is 2.23. The first kappa shape index (κ1) is 16.5. The van der Waals surface area contributed by atoms with Crippen molar-refractivity contribution in [1.29, 1.82) is 5.26 Å². The molecule has 2 heterocycles. The van der Waals surface area contributed by atoms with Crippen molar-refractivity contribution in [2.75, 3.05) is 19.8 Å². The highest BCUT2D eigenvalue weighted by atomic mass is 35.5. The summed E-state index contributed by atoms with van der Waals surface area (Å²) in [6.45, 7) is 3.58. The summed E-state index contributed by atoms with van der Waals surface area (Å²) in [5.74, 6) is -0.430. The predicted octanol–water partition coefficient (Wildman–Crippen LogP) is 2.50. The second-order valence-corrected chi connectivity index (χ2v) is 5.55.